The van der Waals surface area contributed by atoms with Gasteiger partial charge < -0.3 is 20.3 Å². The number of carbonyl (C=O) groups excluding carboxylic acids is 2. The molecule has 1 aromatic rings. The van der Waals surface area contributed by atoms with Crippen molar-refractivity contribution >= 4 is 24.2 Å². The van der Waals surface area contributed by atoms with E-state index >= 15 is 0 Å². The molecule has 0 aliphatic carbocycles. The van der Waals surface area contributed by atoms with E-state index in [0.717, 1.165) is 37.2 Å². The lowest BCUT2D eigenvalue weighted by Crippen LogP contribution is -2.50. The van der Waals surface area contributed by atoms with E-state index < -0.39 is 0 Å². The van der Waals surface area contributed by atoms with Gasteiger partial charge in [0.05, 0.1) is 19.1 Å². The SMILES string of the molecule is COc1ccc(C2C(C(=O)N3CCC(C(C)N)CC3)CCC(=O)N2C)cc1.Cl. The molecule has 6 nitrogen and oxygen atoms in total. The van der Waals surface area contributed by atoms with E-state index in [-0.39, 0.29) is 42.2 Å². The Morgan fingerprint density at radius 3 is 2.32 bits per heavy atom. The average molecular weight is 410 g/mol. The highest BCUT2D eigenvalue weighted by molar-refractivity contribution is 5.85. The molecule has 3 rings (SSSR count). The van der Waals surface area contributed by atoms with Gasteiger partial charge in [-0.15, -0.1) is 12.4 Å². The predicted molar refractivity (Wildman–Crippen MR) is 111 cm³/mol. The van der Waals surface area contributed by atoms with Gasteiger partial charge in [0.25, 0.3) is 0 Å². The molecule has 156 valence electrons. The van der Waals surface area contributed by atoms with Crippen LogP contribution in [0.25, 0.3) is 0 Å². The fourth-order valence-corrected chi connectivity index (χ4v) is 4.43. The number of benzene rings is 1. The molecule has 1 aromatic carbocycles. The Morgan fingerprint density at radius 2 is 1.79 bits per heavy atom. The number of methoxy groups -OCH3 is 1. The number of rotatable bonds is 4. The number of nitrogens with two attached hydrogens (primary N) is 1. The fourth-order valence-electron chi connectivity index (χ4n) is 4.43. The van der Waals surface area contributed by atoms with Gasteiger partial charge in [-0.25, -0.2) is 0 Å². The van der Waals surface area contributed by atoms with Crippen molar-refractivity contribution in [1.82, 2.24) is 9.80 Å². The lowest BCUT2D eigenvalue weighted by molar-refractivity contribution is -0.147. The summed E-state index contributed by atoms with van der Waals surface area (Å²) in [4.78, 5) is 29.4. The first kappa shape index (κ1) is 22.5. The lowest BCUT2D eigenvalue weighted by atomic mass is 9.82. The maximum atomic E-state index is 13.3. The van der Waals surface area contributed by atoms with Crippen LogP contribution >= 0.6 is 12.4 Å². The number of hydrogen-bond donors (Lipinski definition) is 1. The van der Waals surface area contributed by atoms with Crippen LogP contribution in [0.1, 0.15) is 44.2 Å². The number of carbonyl (C=O) groups is 2. The molecule has 7 heteroatoms. The van der Waals surface area contributed by atoms with Crippen molar-refractivity contribution in [3.63, 3.8) is 0 Å². The Balaban J connectivity index is 0.00000280. The van der Waals surface area contributed by atoms with E-state index in [1.165, 1.54) is 0 Å². The first-order valence-corrected chi connectivity index (χ1v) is 9.86. The molecule has 0 spiro atoms. The summed E-state index contributed by atoms with van der Waals surface area (Å²) in [6.45, 7) is 3.56. The van der Waals surface area contributed by atoms with E-state index in [4.69, 9.17) is 10.5 Å². The Labute approximate surface area is 173 Å². The van der Waals surface area contributed by atoms with E-state index in [1.807, 2.05) is 36.1 Å². The minimum absolute atomic E-state index is 0. The Hall–Kier alpha value is -1.79. The van der Waals surface area contributed by atoms with Crippen LogP contribution in [-0.2, 0) is 9.59 Å². The topological polar surface area (TPSA) is 75.9 Å². The van der Waals surface area contributed by atoms with Gasteiger partial charge in [0.15, 0.2) is 0 Å². The molecule has 2 heterocycles. The third-order valence-electron chi connectivity index (χ3n) is 6.23. The van der Waals surface area contributed by atoms with Crippen molar-refractivity contribution in [2.24, 2.45) is 17.6 Å². The number of ether oxygens (including phenoxy) is 1. The summed E-state index contributed by atoms with van der Waals surface area (Å²) in [5, 5.41) is 0. The van der Waals surface area contributed by atoms with Crippen molar-refractivity contribution in [3.05, 3.63) is 29.8 Å². The first-order chi connectivity index (χ1) is 12.9. The molecule has 0 saturated carbocycles. The second kappa shape index (κ2) is 9.61. The van der Waals surface area contributed by atoms with Crippen LogP contribution < -0.4 is 10.5 Å². The van der Waals surface area contributed by atoms with Crippen molar-refractivity contribution in [3.8, 4) is 5.75 Å². The molecule has 2 aliphatic rings. The van der Waals surface area contributed by atoms with Gasteiger partial charge >= 0.3 is 0 Å². The molecular weight excluding hydrogens is 378 g/mol. The van der Waals surface area contributed by atoms with Crippen molar-refractivity contribution in [1.29, 1.82) is 0 Å². The van der Waals surface area contributed by atoms with Crippen LogP contribution in [0.2, 0.25) is 0 Å². The lowest BCUT2D eigenvalue weighted by Gasteiger charge is -2.42. The summed E-state index contributed by atoms with van der Waals surface area (Å²) in [7, 11) is 3.43. The van der Waals surface area contributed by atoms with E-state index in [1.54, 1.807) is 19.1 Å². The smallest absolute Gasteiger partial charge is 0.228 e. The Bertz CT molecular complexity index is 672. The number of halogens is 1. The highest BCUT2D eigenvalue weighted by Gasteiger charge is 2.41. The molecule has 2 fully saturated rings. The normalized spacial score (nSPS) is 24.5. The number of amides is 2. The van der Waals surface area contributed by atoms with Crippen LogP contribution in [0.3, 0.4) is 0 Å². The van der Waals surface area contributed by atoms with Gasteiger partial charge in [-0.3, -0.25) is 9.59 Å². The molecule has 0 bridgehead atoms. The van der Waals surface area contributed by atoms with Crippen molar-refractivity contribution < 1.29 is 14.3 Å². The summed E-state index contributed by atoms with van der Waals surface area (Å²) in [5.41, 5.74) is 7.01. The van der Waals surface area contributed by atoms with Crippen LogP contribution in [0.15, 0.2) is 24.3 Å². The average Bonchev–Trinajstić information content (AvgIpc) is 2.69. The van der Waals surface area contributed by atoms with Crippen LogP contribution in [0.5, 0.6) is 5.75 Å². The van der Waals surface area contributed by atoms with Gasteiger partial charge in [0, 0.05) is 32.6 Å². The summed E-state index contributed by atoms with van der Waals surface area (Å²) >= 11 is 0. The second-order valence-corrected chi connectivity index (χ2v) is 7.89. The zero-order chi connectivity index (χ0) is 19.6. The number of piperidine rings is 2. The molecule has 3 unspecified atom stereocenters. The molecule has 2 amide bonds. The standard InChI is InChI=1S/C21H31N3O3.ClH/c1-14(22)15-10-12-24(13-11-15)21(26)18-8-9-19(25)23(2)20(18)16-4-6-17(27-3)7-5-16;/h4-7,14-15,18,20H,8-13,22H2,1-3H3;1H. The highest BCUT2D eigenvalue weighted by Crippen LogP contribution is 2.38. The third kappa shape index (κ3) is 4.61. The largest absolute Gasteiger partial charge is 0.497 e. The minimum atomic E-state index is -0.226. The van der Waals surface area contributed by atoms with Crippen molar-refractivity contribution in [2.75, 3.05) is 27.2 Å². The fraction of sp³-hybridized carbons (Fsp3) is 0.619. The second-order valence-electron chi connectivity index (χ2n) is 7.89. The number of hydrogen-bond acceptors (Lipinski definition) is 4. The number of nitrogens with zero attached hydrogens (tertiary/aromatic N) is 2. The van der Waals surface area contributed by atoms with Crippen LogP contribution in [0, 0.1) is 11.8 Å². The van der Waals surface area contributed by atoms with Crippen LogP contribution in [-0.4, -0.2) is 54.9 Å². The van der Waals surface area contributed by atoms with E-state index in [9.17, 15) is 9.59 Å². The van der Waals surface area contributed by atoms with Gasteiger partial charge in [-0.2, -0.15) is 0 Å². The minimum Gasteiger partial charge on any atom is -0.497 e. The zero-order valence-electron chi connectivity index (χ0n) is 17.0. The zero-order valence-corrected chi connectivity index (χ0v) is 17.8. The van der Waals surface area contributed by atoms with Gasteiger partial charge in [-0.1, -0.05) is 12.1 Å². The first-order valence-electron chi connectivity index (χ1n) is 9.86. The Kier molecular flexibility index (Phi) is 7.72. The van der Waals surface area contributed by atoms with E-state index in [0.29, 0.717) is 18.8 Å². The maximum absolute atomic E-state index is 13.3. The quantitative estimate of drug-likeness (QED) is 0.829. The third-order valence-corrected chi connectivity index (χ3v) is 6.23. The molecule has 3 atom stereocenters. The molecule has 0 radical (unpaired) electrons. The Morgan fingerprint density at radius 1 is 1.18 bits per heavy atom. The molecule has 28 heavy (non-hydrogen) atoms. The van der Waals surface area contributed by atoms with Gasteiger partial charge in [0.1, 0.15) is 5.75 Å². The summed E-state index contributed by atoms with van der Waals surface area (Å²) in [6, 6.07) is 7.64. The monoisotopic (exact) mass is 409 g/mol. The summed E-state index contributed by atoms with van der Waals surface area (Å²) < 4.78 is 5.24. The molecule has 0 aromatic heterocycles. The molecular formula is C21H32ClN3O3. The number of likely N-dealkylation sites (tertiary alicyclic amines) is 2. The van der Waals surface area contributed by atoms with Gasteiger partial charge in [-0.05, 0) is 49.8 Å². The van der Waals surface area contributed by atoms with Gasteiger partial charge in [0.2, 0.25) is 11.8 Å². The van der Waals surface area contributed by atoms with E-state index in [2.05, 4.69) is 0 Å². The van der Waals surface area contributed by atoms with Crippen LogP contribution in [0.4, 0.5) is 0 Å². The molecule has 2 aliphatic heterocycles. The van der Waals surface area contributed by atoms with Crippen molar-refractivity contribution in [2.45, 2.75) is 44.7 Å². The molecule has 2 saturated heterocycles. The highest BCUT2D eigenvalue weighted by atomic mass is 35.5. The maximum Gasteiger partial charge on any atom is 0.228 e. The summed E-state index contributed by atoms with van der Waals surface area (Å²) in [5.74, 6) is 1.31. The molecule has 2 N–H and O–H groups in total. The summed E-state index contributed by atoms with van der Waals surface area (Å²) in [6.07, 6.45) is 2.94. The predicted octanol–water partition coefficient (Wildman–Crippen LogP) is 2.61.